The third-order valence-electron chi connectivity index (χ3n) is 4.65. The molecule has 0 bridgehead atoms. The van der Waals surface area contributed by atoms with E-state index in [1.165, 1.54) is 6.42 Å². The summed E-state index contributed by atoms with van der Waals surface area (Å²) in [4.78, 5) is 14.3. The summed E-state index contributed by atoms with van der Waals surface area (Å²) in [6, 6.07) is 7.64. The number of anilines is 1. The van der Waals surface area contributed by atoms with E-state index in [1.807, 2.05) is 24.3 Å². The number of carbonyl (C=O) groups excluding carboxylic acids is 1. The van der Waals surface area contributed by atoms with Crippen molar-refractivity contribution in [2.45, 2.75) is 33.1 Å². The number of nitrogens with zero attached hydrogens (tertiary/aromatic N) is 1. The number of benzene rings is 1. The molecule has 1 aliphatic rings. The van der Waals surface area contributed by atoms with Crippen LogP contribution in [0.5, 0.6) is 5.75 Å². The van der Waals surface area contributed by atoms with Crippen molar-refractivity contribution in [3.8, 4) is 5.75 Å². The first-order chi connectivity index (χ1) is 11.7. The summed E-state index contributed by atoms with van der Waals surface area (Å²) in [7, 11) is 0. The van der Waals surface area contributed by atoms with Crippen molar-refractivity contribution in [1.82, 2.24) is 10.2 Å². The fraction of sp³-hybridized carbons (Fsp3) is 0.632. The Bertz CT molecular complexity index is 480. The first kappa shape index (κ1) is 18.7. The van der Waals surface area contributed by atoms with Crippen molar-refractivity contribution in [3.63, 3.8) is 0 Å². The summed E-state index contributed by atoms with van der Waals surface area (Å²) in [6.45, 7) is 10.1. The average molecular weight is 333 g/mol. The quantitative estimate of drug-likeness (QED) is 0.691. The summed E-state index contributed by atoms with van der Waals surface area (Å²) in [5.74, 6) is 1.59. The number of amides is 1. The maximum atomic E-state index is 12.0. The van der Waals surface area contributed by atoms with Crippen LogP contribution in [0.4, 0.5) is 5.69 Å². The second-order valence-electron chi connectivity index (χ2n) is 6.35. The van der Waals surface area contributed by atoms with Crippen molar-refractivity contribution in [2.24, 2.45) is 5.92 Å². The minimum absolute atomic E-state index is 0.0945. The number of likely N-dealkylation sites (N-methyl/N-ethyl adjacent to an activating group) is 1. The fourth-order valence-electron chi connectivity index (χ4n) is 2.99. The van der Waals surface area contributed by atoms with E-state index >= 15 is 0 Å². The SMILES string of the molecule is CCN(CC)CCOc1ccc(NC(=O)CCC2CCNC2)cc1. The molecule has 1 fully saturated rings. The van der Waals surface area contributed by atoms with Gasteiger partial charge in [0.1, 0.15) is 12.4 Å². The Morgan fingerprint density at radius 1 is 1.29 bits per heavy atom. The van der Waals surface area contributed by atoms with Gasteiger partial charge in [0.2, 0.25) is 5.91 Å². The highest BCUT2D eigenvalue weighted by molar-refractivity contribution is 5.90. The molecule has 2 N–H and O–H groups in total. The zero-order valence-corrected chi connectivity index (χ0v) is 15.0. The van der Waals surface area contributed by atoms with Gasteiger partial charge in [-0.2, -0.15) is 0 Å². The molecule has 134 valence electrons. The second-order valence-corrected chi connectivity index (χ2v) is 6.35. The Balaban J connectivity index is 1.68. The van der Waals surface area contributed by atoms with Crippen molar-refractivity contribution in [3.05, 3.63) is 24.3 Å². The molecule has 1 heterocycles. The first-order valence-corrected chi connectivity index (χ1v) is 9.17. The van der Waals surface area contributed by atoms with Crippen LogP contribution < -0.4 is 15.4 Å². The van der Waals surface area contributed by atoms with E-state index in [-0.39, 0.29) is 5.91 Å². The third kappa shape index (κ3) is 6.49. The molecule has 1 saturated heterocycles. The van der Waals surface area contributed by atoms with Gasteiger partial charge in [0.25, 0.3) is 0 Å². The van der Waals surface area contributed by atoms with E-state index in [4.69, 9.17) is 4.74 Å². The molecule has 1 aromatic rings. The Labute approximate surface area is 145 Å². The highest BCUT2D eigenvalue weighted by Gasteiger charge is 2.15. The summed E-state index contributed by atoms with van der Waals surface area (Å²) in [5.41, 5.74) is 0.834. The molecule has 5 nitrogen and oxygen atoms in total. The maximum absolute atomic E-state index is 12.0. The van der Waals surface area contributed by atoms with Crippen molar-refractivity contribution in [1.29, 1.82) is 0 Å². The van der Waals surface area contributed by atoms with Crippen LogP contribution in [0.25, 0.3) is 0 Å². The molecule has 1 unspecified atom stereocenters. The van der Waals surface area contributed by atoms with Crippen LogP contribution in [0, 0.1) is 5.92 Å². The Morgan fingerprint density at radius 2 is 2.04 bits per heavy atom. The summed E-state index contributed by atoms with van der Waals surface area (Å²) < 4.78 is 5.75. The molecular formula is C19H31N3O2. The molecular weight excluding hydrogens is 302 g/mol. The number of rotatable bonds is 10. The Morgan fingerprint density at radius 3 is 2.67 bits per heavy atom. The minimum atomic E-state index is 0.0945. The van der Waals surface area contributed by atoms with E-state index < -0.39 is 0 Å². The average Bonchev–Trinajstić information content (AvgIpc) is 3.12. The molecule has 1 amide bonds. The fourth-order valence-corrected chi connectivity index (χ4v) is 2.99. The van der Waals surface area contributed by atoms with Crippen LogP contribution in [0.15, 0.2) is 24.3 Å². The molecule has 5 heteroatoms. The van der Waals surface area contributed by atoms with Crippen LogP contribution in [0.3, 0.4) is 0 Å². The van der Waals surface area contributed by atoms with Crippen molar-refractivity contribution in [2.75, 3.05) is 44.6 Å². The van der Waals surface area contributed by atoms with Gasteiger partial charge in [0, 0.05) is 18.7 Å². The number of hydrogen-bond donors (Lipinski definition) is 2. The Kier molecular flexibility index (Phi) is 8.05. The molecule has 0 aliphatic carbocycles. The maximum Gasteiger partial charge on any atom is 0.224 e. The molecule has 24 heavy (non-hydrogen) atoms. The van der Waals surface area contributed by atoms with E-state index in [2.05, 4.69) is 29.4 Å². The van der Waals surface area contributed by atoms with Gasteiger partial charge in [-0.15, -0.1) is 0 Å². The van der Waals surface area contributed by atoms with Gasteiger partial charge in [0.05, 0.1) is 0 Å². The lowest BCUT2D eigenvalue weighted by atomic mass is 10.0. The van der Waals surface area contributed by atoms with E-state index in [0.29, 0.717) is 18.9 Å². The monoisotopic (exact) mass is 333 g/mol. The minimum Gasteiger partial charge on any atom is -0.492 e. The highest BCUT2D eigenvalue weighted by atomic mass is 16.5. The molecule has 0 saturated carbocycles. The largest absolute Gasteiger partial charge is 0.492 e. The van der Waals surface area contributed by atoms with Gasteiger partial charge in [-0.25, -0.2) is 0 Å². The van der Waals surface area contributed by atoms with Gasteiger partial charge in [0.15, 0.2) is 0 Å². The number of ether oxygens (including phenoxy) is 1. The number of nitrogens with one attached hydrogen (secondary N) is 2. The second kappa shape index (κ2) is 10.3. The molecule has 1 aromatic carbocycles. The topological polar surface area (TPSA) is 53.6 Å². The normalized spacial score (nSPS) is 17.2. The lowest BCUT2D eigenvalue weighted by Gasteiger charge is -2.18. The summed E-state index contributed by atoms with van der Waals surface area (Å²) >= 11 is 0. The number of hydrogen-bond acceptors (Lipinski definition) is 4. The van der Waals surface area contributed by atoms with E-state index in [9.17, 15) is 4.79 Å². The zero-order chi connectivity index (χ0) is 17.2. The number of carbonyl (C=O) groups is 1. The highest BCUT2D eigenvalue weighted by Crippen LogP contribution is 2.18. The first-order valence-electron chi connectivity index (χ1n) is 9.17. The standard InChI is InChI=1S/C19H31N3O2/c1-3-22(4-2)13-14-24-18-8-6-17(7-9-18)21-19(23)10-5-16-11-12-20-15-16/h6-9,16,20H,3-5,10-15H2,1-2H3,(H,21,23). The van der Waals surface area contributed by atoms with Gasteiger partial charge < -0.3 is 20.3 Å². The van der Waals surface area contributed by atoms with Gasteiger partial charge in [-0.1, -0.05) is 13.8 Å². The lowest BCUT2D eigenvalue weighted by Crippen LogP contribution is -2.27. The van der Waals surface area contributed by atoms with E-state index in [0.717, 1.165) is 50.6 Å². The van der Waals surface area contributed by atoms with Gasteiger partial charge >= 0.3 is 0 Å². The van der Waals surface area contributed by atoms with Crippen LogP contribution in [-0.2, 0) is 4.79 Å². The van der Waals surface area contributed by atoms with Crippen LogP contribution in [0.1, 0.15) is 33.1 Å². The van der Waals surface area contributed by atoms with Gasteiger partial charge in [-0.05, 0) is 69.2 Å². The zero-order valence-electron chi connectivity index (χ0n) is 15.0. The predicted molar refractivity (Wildman–Crippen MR) is 98.6 cm³/mol. The van der Waals surface area contributed by atoms with Crippen molar-refractivity contribution < 1.29 is 9.53 Å². The molecule has 0 aromatic heterocycles. The molecule has 2 rings (SSSR count). The Hall–Kier alpha value is -1.59. The molecule has 0 spiro atoms. The molecule has 1 aliphatic heterocycles. The third-order valence-corrected chi connectivity index (χ3v) is 4.65. The lowest BCUT2D eigenvalue weighted by molar-refractivity contribution is -0.116. The van der Waals surface area contributed by atoms with Crippen LogP contribution in [0.2, 0.25) is 0 Å². The summed E-state index contributed by atoms with van der Waals surface area (Å²) in [5, 5.41) is 6.30. The summed E-state index contributed by atoms with van der Waals surface area (Å²) in [6.07, 6.45) is 2.74. The molecule has 0 radical (unpaired) electrons. The molecule has 1 atom stereocenters. The van der Waals surface area contributed by atoms with Crippen LogP contribution >= 0.6 is 0 Å². The smallest absolute Gasteiger partial charge is 0.224 e. The predicted octanol–water partition coefficient (Wildman–Crippen LogP) is 2.74. The van der Waals surface area contributed by atoms with E-state index in [1.54, 1.807) is 0 Å². The van der Waals surface area contributed by atoms with Crippen molar-refractivity contribution >= 4 is 11.6 Å². The van der Waals surface area contributed by atoms with Crippen LogP contribution in [-0.4, -0.2) is 50.1 Å². The van der Waals surface area contributed by atoms with Gasteiger partial charge in [-0.3, -0.25) is 4.79 Å².